The Morgan fingerprint density at radius 2 is 1.14 bits per heavy atom. The lowest BCUT2D eigenvalue weighted by Crippen LogP contribution is -2.73. The van der Waals surface area contributed by atoms with E-state index in [-0.39, 0.29) is 10.8 Å². The molecule has 0 bridgehead atoms. The number of aliphatic hydroxyl groups is 1. The molecule has 0 saturated carbocycles. The van der Waals surface area contributed by atoms with E-state index < -0.39 is 19.7 Å². The van der Waals surface area contributed by atoms with Gasteiger partial charge in [-0.25, -0.2) is 0 Å². The molecule has 3 aromatic rings. The lowest BCUT2D eigenvalue weighted by molar-refractivity contribution is 0.0829. The van der Waals surface area contributed by atoms with Gasteiger partial charge in [0.15, 0.2) is 13.9 Å². The number of benzene rings is 3. The minimum absolute atomic E-state index is 0.00825. The van der Waals surface area contributed by atoms with Gasteiger partial charge in [0, 0.05) is 11.5 Å². The van der Waals surface area contributed by atoms with Crippen molar-refractivity contribution in [3.05, 3.63) is 96.6 Å². The van der Waals surface area contributed by atoms with Crippen molar-refractivity contribution in [2.45, 2.75) is 38.5 Å². The lowest BCUT2D eigenvalue weighted by Gasteiger charge is -2.48. The fourth-order valence-electron chi connectivity index (χ4n) is 4.60. The van der Waals surface area contributed by atoms with Crippen LogP contribution in [0.15, 0.2) is 91.0 Å². The number of carbonyl (C=O) groups is 1. The third-order valence-corrected chi connectivity index (χ3v) is 12.3. The predicted molar refractivity (Wildman–Crippen MR) is 124 cm³/mol. The molecule has 0 amide bonds. The van der Waals surface area contributed by atoms with Crippen LogP contribution in [0.4, 0.5) is 0 Å². The molecule has 0 fully saturated rings. The van der Waals surface area contributed by atoms with E-state index in [4.69, 9.17) is 0 Å². The number of rotatable bonds is 6. The Labute approximate surface area is 175 Å². The molecule has 0 saturated heterocycles. The van der Waals surface area contributed by atoms with Crippen molar-refractivity contribution in [1.82, 2.24) is 0 Å². The van der Waals surface area contributed by atoms with Gasteiger partial charge in [0.05, 0.1) is 5.73 Å². The average molecular weight is 403 g/mol. The normalized spacial score (nSPS) is 14.2. The fourth-order valence-corrected chi connectivity index (χ4v) is 10.6. The molecule has 0 aliphatic rings. The zero-order valence-corrected chi connectivity index (χ0v) is 18.7. The zero-order chi connectivity index (χ0) is 21.1. The predicted octanol–water partition coefficient (Wildman–Crippen LogP) is 4.47. The Hall–Kier alpha value is -2.49. The van der Waals surface area contributed by atoms with Gasteiger partial charge in [0.1, 0.15) is 0 Å². The van der Waals surface area contributed by atoms with Gasteiger partial charge >= 0.3 is 0 Å². The highest BCUT2D eigenvalue weighted by atomic mass is 28.3. The van der Waals surface area contributed by atoms with Gasteiger partial charge in [0.2, 0.25) is 0 Å². The quantitative estimate of drug-likeness (QED) is 0.488. The van der Waals surface area contributed by atoms with E-state index in [1.807, 2.05) is 73.7 Å². The highest BCUT2D eigenvalue weighted by Crippen LogP contribution is 2.40. The van der Waals surface area contributed by atoms with Crippen molar-refractivity contribution in [2.75, 3.05) is 0 Å². The van der Waals surface area contributed by atoms with E-state index in [0.717, 1.165) is 10.4 Å². The second kappa shape index (κ2) is 8.48. The molecule has 0 aliphatic heterocycles. The molecule has 2 nitrogen and oxygen atoms in total. The molecule has 2 atom stereocenters. The number of Topliss-reactive ketones (excluding diaryl/α,β-unsaturated/α-hetero) is 1. The summed E-state index contributed by atoms with van der Waals surface area (Å²) < 4.78 is 0. The van der Waals surface area contributed by atoms with Crippen LogP contribution in [0.3, 0.4) is 0 Å². The highest BCUT2D eigenvalue weighted by Gasteiger charge is 2.55. The lowest BCUT2D eigenvalue weighted by atomic mass is 10.00. The van der Waals surface area contributed by atoms with Crippen molar-refractivity contribution in [3.8, 4) is 0 Å². The van der Waals surface area contributed by atoms with E-state index in [1.165, 1.54) is 0 Å². The molecule has 29 heavy (non-hydrogen) atoms. The van der Waals surface area contributed by atoms with Crippen LogP contribution in [-0.4, -0.2) is 24.7 Å². The van der Waals surface area contributed by atoms with Gasteiger partial charge in [-0.1, -0.05) is 129 Å². The second-order valence-electron chi connectivity index (χ2n) is 8.75. The summed E-state index contributed by atoms with van der Waals surface area (Å²) in [5, 5.41) is 14.0. The molecule has 0 radical (unpaired) electrons. The molecule has 3 aromatic carbocycles. The molecule has 1 N–H and O–H groups in total. The van der Waals surface area contributed by atoms with E-state index in [2.05, 4.69) is 45.0 Å². The van der Waals surface area contributed by atoms with Gasteiger partial charge in [-0.05, 0) is 5.04 Å². The van der Waals surface area contributed by atoms with Crippen LogP contribution in [-0.2, 0) is 0 Å². The Morgan fingerprint density at radius 1 is 0.759 bits per heavy atom. The van der Waals surface area contributed by atoms with Crippen LogP contribution in [0.5, 0.6) is 0 Å². The largest absolute Gasteiger partial charge is 0.395 e. The van der Waals surface area contributed by atoms with Gasteiger partial charge in [0.25, 0.3) is 0 Å². The Morgan fingerprint density at radius 3 is 1.52 bits per heavy atom. The second-order valence-corrected chi connectivity index (χ2v) is 13.6. The zero-order valence-electron chi connectivity index (χ0n) is 17.7. The van der Waals surface area contributed by atoms with Gasteiger partial charge in [-0.3, -0.25) is 4.79 Å². The monoisotopic (exact) mass is 402 g/mol. The van der Waals surface area contributed by atoms with Crippen molar-refractivity contribution in [1.29, 1.82) is 0 Å². The number of aliphatic hydroxyl groups excluding tert-OH is 1. The first kappa shape index (κ1) is 21.2. The summed E-state index contributed by atoms with van der Waals surface area (Å²) in [6.45, 7) is 8.46. The Bertz CT molecular complexity index is 891. The third-order valence-electron chi connectivity index (χ3n) is 6.03. The molecular weight excluding hydrogens is 372 g/mol. The van der Waals surface area contributed by atoms with Crippen LogP contribution < -0.4 is 10.4 Å². The van der Waals surface area contributed by atoms with E-state index in [9.17, 15) is 9.90 Å². The first-order valence-electron chi connectivity index (χ1n) is 10.2. The minimum Gasteiger partial charge on any atom is -0.395 e. The molecule has 0 spiro atoms. The van der Waals surface area contributed by atoms with Crippen molar-refractivity contribution < 1.29 is 9.90 Å². The summed E-state index contributed by atoms with van der Waals surface area (Å²) in [4.78, 5) is 13.3. The van der Waals surface area contributed by atoms with Crippen molar-refractivity contribution in [3.63, 3.8) is 0 Å². The average Bonchev–Trinajstić information content (AvgIpc) is 2.74. The van der Waals surface area contributed by atoms with Crippen LogP contribution in [0.2, 0.25) is 5.04 Å². The number of carbonyl (C=O) groups excluding carboxylic acids is 1. The van der Waals surface area contributed by atoms with Gasteiger partial charge < -0.3 is 5.11 Å². The Balaban J connectivity index is 2.21. The summed E-state index contributed by atoms with van der Waals surface area (Å²) in [7, 11) is -2.78. The molecule has 0 heterocycles. The maximum Gasteiger partial charge on any atom is 0.167 e. The molecular formula is C26H30O2Si. The smallest absolute Gasteiger partial charge is 0.167 e. The van der Waals surface area contributed by atoms with Crippen molar-refractivity contribution >= 4 is 24.2 Å². The van der Waals surface area contributed by atoms with Gasteiger partial charge in [-0.2, -0.15) is 0 Å². The standard InChI is InChI=1S/C26H30O2Si/c1-20(24(27)21-14-8-5-9-15-21)25(28)29(26(2,3)4,22-16-10-6-11-17-22)23-18-12-7-13-19-23/h5-20,25,28H,1-4H3. The molecule has 0 aromatic heterocycles. The molecule has 3 heteroatoms. The molecule has 3 rings (SSSR count). The fraction of sp³-hybridized carbons (Fsp3) is 0.269. The van der Waals surface area contributed by atoms with Crippen LogP contribution in [0.25, 0.3) is 0 Å². The van der Waals surface area contributed by atoms with E-state index >= 15 is 0 Å². The maximum absolute atomic E-state index is 13.3. The molecule has 0 aliphatic carbocycles. The van der Waals surface area contributed by atoms with Gasteiger partial charge in [-0.15, -0.1) is 0 Å². The third kappa shape index (κ3) is 3.85. The first-order chi connectivity index (χ1) is 13.8. The van der Waals surface area contributed by atoms with E-state index in [1.54, 1.807) is 0 Å². The highest BCUT2D eigenvalue weighted by molar-refractivity contribution is 7.05. The van der Waals surface area contributed by atoms with E-state index in [0.29, 0.717) is 5.56 Å². The summed E-state index contributed by atoms with van der Waals surface area (Å²) >= 11 is 0. The number of ketones is 1. The summed E-state index contributed by atoms with van der Waals surface area (Å²) in [5.41, 5.74) is -0.114. The number of hydrogen-bond acceptors (Lipinski definition) is 2. The SMILES string of the molecule is CC(C(=O)c1ccccc1)C(O)[Si](c1ccccc1)(c1ccccc1)C(C)(C)C. The molecule has 2 unspecified atom stereocenters. The minimum atomic E-state index is -2.78. The molecule has 150 valence electrons. The Kier molecular flexibility index (Phi) is 6.20. The van der Waals surface area contributed by atoms with Crippen molar-refractivity contribution in [2.24, 2.45) is 5.92 Å². The summed E-state index contributed by atoms with van der Waals surface area (Å²) in [6, 6.07) is 29.9. The summed E-state index contributed by atoms with van der Waals surface area (Å²) in [6.07, 6.45) is 0. The topological polar surface area (TPSA) is 37.3 Å². The van der Waals surface area contributed by atoms with Crippen LogP contribution >= 0.6 is 0 Å². The first-order valence-corrected chi connectivity index (χ1v) is 12.3. The van der Waals surface area contributed by atoms with Crippen LogP contribution in [0, 0.1) is 5.92 Å². The maximum atomic E-state index is 13.3. The number of hydrogen-bond donors (Lipinski definition) is 1. The van der Waals surface area contributed by atoms with Crippen LogP contribution in [0.1, 0.15) is 38.1 Å². The summed E-state index contributed by atoms with van der Waals surface area (Å²) in [5.74, 6) is -0.519.